The van der Waals surface area contributed by atoms with Gasteiger partial charge >= 0.3 is 0 Å². The van der Waals surface area contributed by atoms with E-state index in [0.717, 1.165) is 5.56 Å². The van der Waals surface area contributed by atoms with E-state index in [1.165, 1.54) is 6.92 Å². The van der Waals surface area contributed by atoms with Gasteiger partial charge in [-0.25, -0.2) is 0 Å². The van der Waals surface area contributed by atoms with E-state index in [2.05, 4.69) is 5.32 Å². The Kier molecular flexibility index (Phi) is 4.22. The summed E-state index contributed by atoms with van der Waals surface area (Å²) < 4.78 is 0. The third-order valence-electron chi connectivity index (χ3n) is 3.48. The third-order valence-corrected chi connectivity index (χ3v) is 3.48. The second kappa shape index (κ2) is 5.92. The average Bonchev–Trinajstić information content (AvgIpc) is 2.48. The van der Waals surface area contributed by atoms with E-state index in [0.29, 0.717) is 11.1 Å². The van der Waals surface area contributed by atoms with Crippen LogP contribution in [0.4, 0.5) is 0 Å². The SMILES string of the molecule is CC(=O)c1ccc(C(=O)NC(C)(C)c2ccccc2)cc1. The maximum Gasteiger partial charge on any atom is 0.251 e. The molecule has 0 heterocycles. The lowest BCUT2D eigenvalue weighted by Gasteiger charge is -2.27. The van der Waals surface area contributed by atoms with Crippen LogP contribution in [0.5, 0.6) is 0 Å². The van der Waals surface area contributed by atoms with Crippen molar-refractivity contribution in [3.05, 3.63) is 71.3 Å². The smallest absolute Gasteiger partial charge is 0.251 e. The Labute approximate surface area is 125 Å². The Morgan fingerprint density at radius 1 is 0.857 bits per heavy atom. The van der Waals surface area contributed by atoms with Gasteiger partial charge in [0.05, 0.1) is 5.54 Å². The summed E-state index contributed by atoms with van der Waals surface area (Å²) in [5.74, 6) is -0.162. The van der Waals surface area contributed by atoms with Crippen LogP contribution in [-0.4, -0.2) is 11.7 Å². The van der Waals surface area contributed by atoms with Gasteiger partial charge in [-0.05, 0) is 38.5 Å². The second-order valence-electron chi connectivity index (χ2n) is 5.58. The number of hydrogen-bond donors (Lipinski definition) is 1. The number of ketones is 1. The van der Waals surface area contributed by atoms with Crippen LogP contribution in [-0.2, 0) is 5.54 Å². The summed E-state index contributed by atoms with van der Waals surface area (Å²) in [5.41, 5.74) is 1.73. The van der Waals surface area contributed by atoms with Crippen LogP contribution in [0.3, 0.4) is 0 Å². The minimum Gasteiger partial charge on any atom is -0.343 e. The number of rotatable bonds is 4. The van der Waals surface area contributed by atoms with Crippen molar-refractivity contribution in [1.29, 1.82) is 0 Å². The molecule has 108 valence electrons. The first-order valence-electron chi connectivity index (χ1n) is 6.89. The number of nitrogens with one attached hydrogen (secondary N) is 1. The lowest BCUT2D eigenvalue weighted by Crippen LogP contribution is -2.40. The van der Waals surface area contributed by atoms with Gasteiger partial charge in [0.15, 0.2) is 5.78 Å². The Bertz CT molecular complexity index is 643. The van der Waals surface area contributed by atoms with E-state index < -0.39 is 5.54 Å². The summed E-state index contributed by atoms with van der Waals surface area (Å²) in [7, 11) is 0. The molecule has 0 unspecified atom stereocenters. The van der Waals surface area contributed by atoms with E-state index in [9.17, 15) is 9.59 Å². The molecule has 0 aliphatic carbocycles. The van der Waals surface area contributed by atoms with Crippen LogP contribution in [0, 0.1) is 0 Å². The van der Waals surface area contributed by atoms with Gasteiger partial charge in [0.1, 0.15) is 0 Å². The van der Waals surface area contributed by atoms with Crippen LogP contribution in [0.15, 0.2) is 54.6 Å². The minimum atomic E-state index is -0.461. The average molecular weight is 281 g/mol. The van der Waals surface area contributed by atoms with Crippen LogP contribution in [0.1, 0.15) is 47.1 Å². The molecule has 0 bridgehead atoms. The quantitative estimate of drug-likeness (QED) is 0.871. The summed E-state index contributed by atoms with van der Waals surface area (Å²) in [6.45, 7) is 5.43. The predicted molar refractivity (Wildman–Crippen MR) is 83.4 cm³/mol. The fourth-order valence-corrected chi connectivity index (χ4v) is 2.14. The molecule has 0 saturated heterocycles. The Hall–Kier alpha value is -2.42. The molecule has 1 N–H and O–H groups in total. The van der Waals surface area contributed by atoms with Crippen molar-refractivity contribution in [3.63, 3.8) is 0 Å². The van der Waals surface area contributed by atoms with Gasteiger partial charge in [-0.15, -0.1) is 0 Å². The van der Waals surface area contributed by atoms with Gasteiger partial charge in [-0.1, -0.05) is 42.5 Å². The van der Waals surface area contributed by atoms with Gasteiger partial charge < -0.3 is 5.32 Å². The number of benzene rings is 2. The highest BCUT2D eigenvalue weighted by molar-refractivity contribution is 5.98. The zero-order valence-corrected chi connectivity index (χ0v) is 12.5. The molecular formula is C18H19NO2. The molecule has 0 saturated carbocycles. The zero-order valence-electron chi connectivity index (χ0n) is 12.5. The monoisotopic (exact) mass is 281 g/mol. The molecule has 0 aliphatic rings. The minimum absolute atomic E-state index is 0.00780. The molecule has 0 radical (unpaired) electrons. The molecule has 21 heavy (non-hydrogen) atoms. The maximum atomic E-state index is 12.3. The van der Waals surface area contributed by atoms with Crippen molar-refractivity contribution in [2.45, 2.75) is 26.3 Å². The standard InChI is InChI=1S/C18H19NO2/c1-13(20)14-9-11-15(12-10-14)17(21)19-18(2,3)16-7-5-4-6-8-16/h4-12H,1-3H3,(H,19,21). The lowest BCUT2D eigenvalue weighted by atomic mass is 9.94. The topological polar surface area (TPSA) is 46.2 Å². The van der Waals surface area contributed by atoms with E-state index in [1.54, 1.807) is 24.3 Å². The van der Waals surface area contributed by atoms with Crippen LogP contribution >= 0.6 is 0 Å². The van der Waals surface area contributed by atoms with Gasteiger partial charge in [0.2, 0.25) is 0 Å². The fraction of sp³-hybridized carbons (Fsp3) is 0.222. The largest absolute Gasteiger partial charge is 0.343 e. The molecule has 3 heteroatoms. The summed E-state index contributed by atoms with van der Waals surface area (Å²) in [5, 5.41) is 3.01. The van der Waals surface area contributed by atoms with Crippen LogP contribution < -0.4 is 5.32 Å². The second-order valence-corrected chi connectivity index (χ2v) is 5.58. The molecule has 0 aliphatic heterocycles. The highest BCUT2D eigenvalue weighted by Gasteiger charge is 2.23. The van der Waals surface area contributed by atoms with E-state index in [4.69, 9.17) is 0 Å². The first-order chi connectivity index (χ1) is 9.90. The van der Waals surface area contributed by atoms with Crippen molar-refractivity contribution in [3.8, 4) is 0 Å². The molecule has 0 fully saturated rings. The molecule has 2 aromatic carbocycles. The Balaban J connectivity index is 2.15. The summed E-state index contributed by atoms with van der Waals surface area (Å²) in [6, 6.07) is 16.5. The number of hydrogen-bond acceptors (Lipinski definition) is 2. The normalized spacial score (nSPS) is 11.0. The molecule has 2 rings (SSSR count). The van der Waals surface area contributed by atoms with Gasteiger partial charge in [-0.3, -0.25) is 9.59 Å². The molecule has 0 aromatic heterocycles. The molecule has 1 amide bonds. The number of amides is 1. The summed E-state index contributed by atoms with van der Waals surface area (Å²) in [6.07, 6.45) is 0. The molecule has 3 nitrogen and oxygen atoms in total. The molecule has 0 spiro atoms. The number of carbonyl (C=O) groups is 2. The van der Waals surface area contributed by atoms with Gasteiger partial charge in [0, 0.05) is 11.1 Å². The fourth-order valence-electron chi connectivity index (χ4n) is 2.14. The van der Waals surface area contributed by atoms with Crippen molar-refractivity contribution in [2.75, 3.05) is 0 Å². The Morgan fingerprint density at radius 3 is 1.90 bits per heavy atom. The van der Waals surface area contributed by atoms with Gasteiger partial charge in [0.25, 0.3) is 5.91 Å². The van der Waals surface area contributed by atoms with E-state index in [-0.39, 0.29) is 11.7 Å². The molecule has 0 atom stereocenters. The van der Waals surface area contributed by atoms with Crippen molar-refractivity contribution >= 4 is 11.7 Å². The highest BCUT2D eigenvalue weighted by atomic mass is 16.1. The van der Waals surface area contributed by atoms with E-state index >= 15 is 0 Å². The van der Waals surface area contributed by atoms with Crippen molar-refractivity contribution in [1.82, 2.24) is 5.32 Å². The first kappa shape index (κ1) is 15.0. The van der Waals surface area contributed by atoms with Crippen LogP contribution in [0.25, 0.3) is 0 Å². The predicted octanol–water partition coefficient (Wildman–Crippen LogP) is 3.55. The molecular weight excluding hydrogens is 262 g/mol. The summed E-state index contributed by atoms with van der Waals surface area (Å²) >= 11 is 0. The highest BCUT2D eigenvalue weighted by Crippen LogP contribution is 2.20. The van der Waals surface area contributed by atoms with Gasteiger partial charge in [-0.2, -0.15) is 0 Å². The van der Waals surface area contributed by atoms with Crippen molar-refractivity contribution < 1.29 is 9.59 Å². The summed E-state index contributed by atoms with van der Waals surface area (Å²) in [4.78, 5) is 23.6. The Morgan fingerprint density at radius 2 is 1.38 bits per heavy atom. The molecule has 2 aromatic rings. The number of Topliss-reactive ketones (excluding diaryl/α,β-unsaturated/α-hetero) is 1. The van der Waals surface area contributed by atoms with Crippen LogP contribution in [0.2, 0.25) is 0 Å². The zero-order chi connectivity index (χ0) is 15.5. The van der Waals surface area contributed by atoms with E-state index in [1.807, 2.05) is 44.2 Å². The number of carbonyl (C=O) groups excluding carboxylic acids is 2. The third kappa shape index (κ3) is 3.57. The maximum absolute atomic E-state index is 12.3. The van der Waals surface area contributed by atoms with Crippen molar-refractivity contribution in [2.24, 2.45) is 0 Å². The first-order valence-corrected chi connectivity index (χ1v) is 6.89. The lowest BCUT2D eigenvalue weighted by molar-refractivity contribution is 0.0910.